The lowest BCUT2D eigenvalue weighted by Crippen LogP contribution is -2.46. The molecular weight excluding hydrogens is 582 g/mol. The molecular formula is C31H38ClF4N7. The highest BCUT2D eigenvalue weighted by Gasteiger charge is 2.40. The zero-order valence-electron chi connectivity index (χ0n) is 24.5. The molecule has 3 saturated heterocycles. The van der Waals surface area contributed by atoms with E-state index in [1.54, 1.807) is 24.0 Å². The predicted molar refractivity (Wildman–Crippen MR) is 165 cm³/mol. The van der Waals surface area contributed by atoms with Crippen molar-refractivity contribution in [3.05, 3.63) is 58.5 Å². The monoisotopic (exact) mass is 619 g/mol. The van der Waals surface area contributed by atoms with Crippen LogP contribution in [0.15, 0.2) is 73.4 Å². The zero-order chi connectivity index (χ0) is 31.0. The molecule has 5 rings (SSSR count). The number of halogens is 5. The number of nitrogens with one attached hydrogen (secondary N) is 1. The van der Waals surface area contributed by atoms with Gasteiger partial charge in [-0.25, -0.2) is 14.4 Å². The Morgan fingerprint density at radius 3 is 2.60 bits per heavy atom. The lowest BCUT2D eigenvalue weighted by molar-refractivity contribution is -0.0951. The van der Waals surface area contributed by atoms with Crippen LogP contribution in [0.2, 0.25) is 0 Å². The van der Waals surface area contributed by atoms with Gasteiger partial charge >= 0.3 is 6.18 Å². The highest BCUT2D eigenvalue weighted by atomic mass is 35.5. The molecule has 0 aromatic heterocycles. The molecule has 1 N–H and O–H groups in total. The maximum Gasteiger partial charge on any atom is 0.416 e. The summed E-state index contributed by atoms with van der Waals surface area (Å²) in [7, 11) is 0. The molecule has 0 radical (unpaired) electrons. The van der Waals surface area contributed by atoms with E-state index in [0.717, 1.165) is 31.0 Å². The van der Waals surface area contributed by atoms with Crippen molar-refractivity contribution in [2.75, 3.05) is 39.3 Å². The van der Waals surface area contributed by atoms with Crippen molar-refractivity contribution in [3.8, 4) is 12.3 Å². The first-order valence-electron chi connectivity index (χ1n) is 14.5. The van der Waals surface area contributed by atoms with Gasteiger partial charge in [0.1, 0.15) is 17.5 Å². The average Bonchev–Trinajstić information content (AvgIpc) is 3.29. The minimum Gasteiger partial charge on any atom is -0.355 e. The summed E-state index contributed by atoms with van der Waals surface area (Å²) in [6, 6.07) is 0.724. The number of likely N-dealkylation sites (tertiary alicyclic amines) is 1. The Labute approximate surface area is 256 Å². The summed E-state index contributed by atoms with van der Waals surface area (Å²) in [6.07, 6.45) is 12.2. The van der Waals surface area contributed by atoms with Gasteiger partial charge < -0.3 is 20.0 Å². The van der Waals surface area contributed by atoms with Crippen LogP contribution in [0.5, 0.6) is 0 Å². The van der Waals surface area contributed by atoms with Crippen molar-refractivity contribution in [3.63, 3.8) is 0 Å². The standard InChI is InChI=1S/C28H34ClF4N7.C3H4/c1-19(29)24(30)8-4-6-20-9-10-25(37-27(36-20)40-18-21-16-22(40)17-35-21)38-12-5-13-39(15-14-38)26-23(28(31,32)33)7-2-3-11-34-26;1-3-2/h2-4,8,10-11,21-22,35H,5-7,9,12-18H2,1H3;1H,2H3/b8-4-,24-19-;. The van der Waals surface area contributed by atoms with Crippen LogP contribution in [0.4, 0.5) is 17.6 Å². The number of alkyl halides is 3. The molecule has 232 valence electrons. The fraction of sp³-hybridized carbons (Fsp3) is 0.516. The molecule has 0 aliphatic carbocycles. The molecule has 2 bridgehead atoms. The van der Waals surface area contributed by atoms with Crippen molar-refractivity contribution >= 4 is 29.5 Å². The van der Waals surface area contributed by atoms with Gasteiger partial charge in [0.05, 0.1) is 10.6 Å². The van der Waals surface area contributed by atoms with Gasteiger partial charge in [-0.05, 0) is 51.3 Å². The number of hydrogen-bond donors (Lipinski definition) is 1. The number of fused-ring (bicyclic) bond motifs is 2. The van der Waals surface area contributed by atoms with Crippen LogP contribution in [0, 0.1) is 12.3 Å². The SMILES string of the molecule is C#CC.C/C(Cl)=C(F)\C=C/CC1=NC(N2CC3CC2CN3)=NC(N2CCCN(C3=C(C(F)(F)F)CC=CC=N3)CC2)=CC1. The molecule has 0 aromatic carbocycles. The molecule has 5 heterocycles. The minimum atomic E-state index is -4.44. The van der Waals surface area contributed by atoms with Crippen LogP contribution < -0.4 is 5.32 Å². The summed E-state index contributed by atoms with van der Waals surface area (Å²) in [5, 5.41) is 3.60. The van der Waals surface area contributed by atoms with E-state index in [4.69, 9.17) is 21.6 Å². The highest BCUT2D eigenvalue weighted by Crippen LogP contribution is 2.34. The van der Waals surface area contributed by atoms with E-state index in [1.807, 2.05) is 6.08 Å². The number of nitrogens with zero attached hydrogens (tertiary/aromatic N) is 6. The highest BCUT2D eigenvalue weighted by molar-refractivity contribution is 6.29. The molecule has 3 fully saturated rings. The summed E-state index contributed by atoms with van der Waals surface area (Å²) < 4.78 is 55.3. The second-order valence-electron chi connectivity index (χ2n) is 10.8. The summed E-state index contributed by atoms with van der Waals surface area (Å²) >= 11 is 5.74. The lowest BCUT2D eigenvalue weighted by Gasteiger charge is -2.30. The van der Waals surface area contributed by atoms with Gasteiger partial charge in [0, 0.05) is 76.1 Å². The van der Waals surface area contributed by atoms with Crippen molar-refractivity contribution in [1.29, 1.82) is 0 Å². The second kappa shape index (κ2) is 14.9. The fourth-order valence-electron chi connectivity index (χ4n) is 5.65. The van der Waals surface area contributed by atoms with Gasteiger partial charge in [-0.3, -0.25) is 0 Å². The molecule has 0 spiro atoms. The van der Waals surface area contributed by atoms with Crippen molar-refractivity contribution in [2.24, 2.45) is 15.0 Å². The van der Waals surface area contributed by atoms with Crippen LogP contribution in [-0.4, -0.2) is 90.1 Å². The van der Waals surface area contributed by atoms with Crippen molar-refractivity contribution in [2.45, 2.75) is 64.2 Å². The third-order valence-corrected chi connectivity index (χ3v) is 7.91. The third kappa shape index (κ3) is 8.61. The van der Waals surface area contributed by atoms with Crippen LogP contribution in [0.1, 0.15) is 46.0 Å². The van der Waals surface area contributed by atoms with Crippen LogP contribution in [0.25, 0.3) is 0 Å². The smallest absolute Gasteiger partial charge is 0.355 e. The molecule has 0 aromatic rings. The summed E-state index contributed by atoms with van der Waals surface area (Å²) in [5.74, 6) is 3.20. The Balaban J connectivity index is 0.00000135. The summed E-state index contributed by atoms with van der Waals surface area (Å²) in [4.78, 5) is 20.2. The number of allylic oxidation sites excluding steroid dienone is 8. The number of hydrogen-bond acceptors (Lipinski definition) is 7. The number of piperazine rings is 1. The largest absolute Gasteiger partial charge is 0.416 e. The van der Waals surface area contributed by atoms with Gasteiger partial charge in [-0.1, -0.05) is 23.8 Å². The molecule has 2 atom stereocenters. The summed E-state index contributed by atoms with van der Waals surface area (Å²) in [6.45, 7) is 6.88. The number of guanidine groups is 1. The molecule has 2 unspecified atom stereocenters. The van der Waals surface area contributed by atoms with Gasteiger partial charge in [-0.2, -0.15) is 18.2 Å². The third-order valence-electron chi connectivity index (χ3n) is 7.73. The van der Waals surface area contributed by atoms with Crippen LogP contribution in [-0.2, 0) is 0 Å². The van der Waals surface area contributed by atoms with Crippen LogP contribution >= 0.6 is 11.6 Å². The predicted octanol–water partition coefficient (Wildman–Crippen LogP) is 5.91. The fourth-order valence-corrected chi connectivity index (χ4v) is 5.71. The lowest BCUT2D eigenvalue weighted by atomic mass is 10.1. The first kappa shape index (κ1) is 32.6. The van der Waals surface area contributed by atoms with E-state index in [1.165, 1.54) is 25.3 Å². The van der Waals surface area contributed by atoms with Gasteiger partial charge in [-0.15, -0.1) is 12.3 Å². The molecule has 7 nitrogen and oxygen atoms in total. The van der Waals surface area contributed by atoms with E-state index in [0.29, 0.717) is 63.5 Å². The Morgan fingerprint density at radius 2 is 1.93 bits per heavy atom. The minimum absolute atomic E-state index is 0.00449. The molecule has 12 heteroatoms. The van der Waals surface area contributed by atoms with E-state index in [2.05, 4.69) is 32.5 Å². The molecule has 0 saturated carbocycles. The molecule has 43 heavy (non-hydrogen) atoms. The normalized spacial score (nSPS) is 24.9. The van der Waals surface area contributed by atoms with E-state index in [-0.39, 0.29) is 17.3 Å². The maximum atomic E-state index is 13.9. The van der Waals surface area contributed by atoms with Gasteiger partial charge in [0.2, 0.25) is 5.96 Å². The van der Waals surface area contributed by atoms with Gasteiger partial charge in [0.25, 0.3) is 0 Å². The zero-order valence-corrected chi connectivity index (χ0v) is 25.3. The Morgan fingerprint density at radius 1 is 1.19 bits per heavy atom. The number of aliphatic imine (C=N–C) groups is 3. The van der Waals surface area contributed by atoms with E-state index >= 15 is 0 Å². The second-order valence-corrected chi connectivity index (χ2v) is 11.4. The first-order valence-corrected chi connectivity index (χ1v) is 14.9. The number of rotatable bonds is 5. The molecule has 5 aliphatic rings. The van der Waals surface area contributed by atoms with Crippen molar-refractivity contribution in [1.82, 2.24) is 20.0 Å². The Bertz CT molecular complexity index is 1310. The molecule has 5 aliphatic heterocycles. The Kier molecular flexibility index (Phi) is 11.3. The number of terminal acetylenes is 1. The summed E-state index contributed by atoms with van der Waals surface area (Å²) in [5.41, 5.74) is 0.247. The molecule has 0 amide bonds. The Hall–Kier alpha value is -3.36. The van der Waals surface area contributed by atoms with E-state index in [9.17, 15) is 17.6 Å². The quantitative estimate of drug-likeness (QED) is 0.236. The average molecular weight is 620 g/mol. The first-order chi connectivity index (χ1) is 20.6. The maximum absolute atomic E-state index is 13.9. The van der Waals surface area contributed by atoms with Crippen molar-refractivity contribution < 1.29 is 17.6 Å². The van der Waals surface area contributed by atoms with Gasteiger partial charge in [0.15, 0.2) is 0 Å². The van der Waals surface area contributed by atoms with E-state index < -0.39 is 17.6 Å². The topological polar surface area (TPSA) is 58.8 Å². The van der Waals surface area contributed by atoms with Crippen LogP contribution in [0.3, 0.4) is 0 Å².